The predicted molar refractivity (Wildman–Crippen MR) is 50.7 cm³/mol. The number of hydrogen-bond acceptors (Lipinski definition) is 4. The lowest BCUT2D eigenvalue weighted by Gasteiger charge is -2.21. The molecule has 0 aromatic heterocycles. The van der Waals surface area contributed by atoms with Gasteiger partial charge < -0.3 is 5.11 Å². The normalized spacial score (nSPS) is 11.6. The maximum Gasteiger partial charge on any atom is 0.329 e. The number of rotatable bonds is 5. The molecule has 14 heavy (non-hydrogen) atoms. The zero-order chi connectivity index (χ0) is 11.5. The van der Waals surface area contributed by atoms with E-state index >= 15 is 0 Å². The van der Waals surface area contributed by atoms with Crippen LogP contribution in [0.3, 0.4) is 0 Å². The van der Waals surface area contributed by atoms with Crippen LogP contribution in [-0.4, -0.2) is 33.3 Å². The molecular formula is C8H11O5P. The summed E-state index contributed by atoms with van der Waals surface area (Å²) < 4.78 is 0. The third-order valence-electron chi connectivity index (χ3n) is 1.74. The number of hydrogen-bond donors (Lipinski definition) is 1. The Morgan fingerprint density at radius 2 is 1.36 bits per heavy atom. The van der Waals surface area contributed by atoms with Crippen molar-refractivity contribution in [3.8, 4) is 0 Å². The van der Waals surface area contributed by atoms with Crippen LogP contribution in [-0.2, 0) is 19.2 Å². The number of Topliss-reactive ketones (excluding diaryl/α,β-unsaturated/α-hetero) is 2. The summed E-state index contributed by atoms with van der Waals surface area (Å²) in [5, 5.41) is 6.67. The molecule has 1 N–H and O–H groups in total. The van der Waals surface area contributed by atoms with Crippen molar-refractivity contribution in [2.75, 3.05) is 0 Å². The second kappa shape index (κ2) is 4.42. The molecule has 6 heteroatoms. The SMILES string of the molecule is CC(=O)PC(C(C)=O)(C(C)=O)C(=O)O. The summed E-state index contributed by atoms with van der Waals surface area (Å²) in [7, 11) is -0.846. The third kappa shape index (κ3) is 2.23. The van der Waals surface area contributed by atoms with E-state index in [9.17, 15) is 19.2 Å². The van der Waals surface area contributed by atoms with Crippen molar-refractivity contribution in [2.45, 2.75) is 25.9 Å². The topological polar surface area (TPSA) is 88.5 Å². The first-order valence-electron chi connectivity index (χ1n) is 3.79. The van der Waals surface area contributed by atoms with Gasteiger partial charge in [0, 0.05) is 0 Å². The summed E-state index contributed by atoms with van der Waals surface area (Å²) in [6.45, 7) is 3.17. The molecule has 0 spiro atoms. The van der Waals surface area contributed by atoms with Gasteiger partial charge in [-0.05, 0) is 29.4 Å². The summed E-state index contributed by atoms with van der Waals surface area (Å²) in [4.78, 5) is 43.9. The fourth-order valence-electron chi connectivity index (χ4n) is 1.04. The van der Waals surface area contributed by atoms with Crippen molar-refractivity contribution in [3.05, 3.63) is 0 Å². The van der Waals surface area contributed by atoms with Crippen molar-refractivity contribution in [1.82, 2.24) is 0 Å². The van der Waals surface area contributed by atoms with Gasteiger partial charge in [0.1, 0.15) is 5.52 Å². The standard InChI is InChI=1S/C8H11O5P/c1-4(9)8(5(2)10,7(12)13)14-6(3)11/h14H,1-3H3,(H,12,13). The van der Waals surface area contributed by atoms with E-state index in [-0.39, 0.29) is 0 Å². The van der Waals surface area contributed by atoms with Gasteiger partial charge in [0.05, 0.1) is 0 Å². The van der Waals surface area contributed by atoms with Gasteiger partial charge in [0.25, 0.3) is 0 Å². The Kier molecular flexibility index (Phi) is 4.08. The molecule has 0 heterocycles. The second-order valence-corrected chi connectivity index (χ2v) is 4.55. The molecule has 0 aromatic rings. The molecule has 0 aliphatic rings. The van der Waals surface area contributed by atoms with E-state index in [4.69, 9.17) is 5.11 Å². The van der Waals surface area contributed by atoms with Crippen molar-refractivity contribution < 1.29 is 24.3 Å². The second-order valence-electron chi connectivity index (χ2n) is 2.85. The van der Waals surface area contributed by atoms with E-state index < -0.39 is 36.8 Å². The molecule has 0 saturated carbocycles. The minimum atomic E-state index is -2.16. The highest BCUT2D eigenvalue weighted by atomic mass is 31.1. The third-order valence-corrected chi connectivity index (χ3v) is 3.39. The van der Waals surface area contributed by atoms with Crippen molar-refractivity contribution in [3.63, 3.8) is 0 Å². The fourth-order valence-corrected chi connectivity index (χ4v) is 2.03. The van der Waals surface area contributed by atoms with Crippen LogP contribution >= 0.6 is 8.58 Å². The maximum atomic E-state index is 11.1. The van der Waals surface area contributed by atoms with Crippen molar-refractivity contribution >= 4 is 31.6 Å². The highest BCUT2D eigenvalue weighted by Gasteiger charge is 2.49. The summed E-state index contributed by atoms with van der Waals surface area (Å²) >= 11 is 0. The van der Waals surface area contributed by atoms with Crippen LogP contribution in [0.5, 0.6) is 0 Å². The van der Waals surface area contributed by atoms with Gasteiger partial charge >= 0.3 is 5.97 Å². The quantitative estimate of drug-likeness (QED) is 0.526. The van der Waals surface area contributed by atoms with Gasteiger partial charge in [-0.1, -0.05) is 0 Å². The van der Waals surface area contributed by atoms with Gasteiger partial charge in [0.15, 0.2) is 11.6 Å². The van der Waals surface area contributed by atoms with Crippen LogP contribution in [0.4, 0.5) is 0 Å². The number of carboxylic acid groups (broad SMARTS) is 1. The molecular weight excluding hydrogens is 207 g/mol. The minimum Gasteiger partial charge on any atom is -0.480 e. The smallest absolute Gasteiger partial charge is 0.329 e. The Morgan fingerprint density at radius 1 is 1.00 bits per heavy atom. The zero-order valence-corrected chi connectivity index (χ0v) is 9.08. The van der Waals surface area contributed by atoms with E-state index in [1.165, 1.54) is 0 Å². The molecule has 0 rings (SSSR count). The average molecular weight is 218 g/mol. The largest absolute Gasteiger partial charge is 0.480 e. The van der Waals surface area contributed by atoms with E-state index in [2.05, 4.69) is 0 Å². The molecule has 0 aliphatic heterocycles. The number of aliphatic carboxylic acids is 1. The van der Waals surface area contributed by atoms with Gasteiger partial charge in [-0.3, -0.25) is 19.2 Å². The first-order valence-corrected chi connectivity index (χ1v) is 4.79. The molecule has 0 amide bonds. The minimum absolute atomic E-state index is 0.474. The first kappa shape index (κ1) is 12.9. The lowest BCUT2D eigenvalue weighted by Crippen LogP contribution is -2.48. The van der Waals surface area contributed by atoms with Crippen LogP contribution in [0.15, 0.2) is 0 Å². The summed E-state index contributed by atoms with van der Waals surface area (Å²) in [5.74, 6) is -3.15. The highest BCUT2D eigenvalue weighted by molar-refractivity contribution is 7.62. The Morgan fingerprint density at radius 3 is 1.43 bits per heavy atom. The Labute approximate surface area is 82.6 Å². The van der Waals surface area contributed by atoms with Crippen LogP contribution in [0.25, 0.3) is 0 Å². The number of carbonyl (C=O) groups is 4. The van der Waals surface area contributed by atoms with E-state index in [0.717, 1.165) is 20.8 Å². The van der Waals surface area contributed by atoms with E-state index in [1.807, 2.05) is 0 Å². The van der Waals surface area contributed by atoms with Gasteiger partial charge in [-0.2, -0.15) is 0 Å². The predicted octanol–water partition coefficient (Wildman–Crippen LogP) is 0.213. The molecule has 78 valence electrons. The first-order chi connectivity index (χ1) is 6.25. The summed E-state index contributed by atoms with van der Waals surface area (Å²) in [5.41, 5.74) is -0.474. The molecule has 0 aliphatic carbocycles. The van der Waals surface area contributed by atoms with Crippen LogP contribution in [0.1, 0.15) is 20.8 Å². The average Bonchev–Trinajstić information content (AvgIpc) is 1.97. The van der Waals surface area contributed by atoms with Crippen LogP contribution in [0, 0.1) is 0 Å². The van der Waals surface area contributed by atoms with Crippen molar-refractivity contribution in [1.29, 1.82) is 0 Å². The van der Waals surface area contributed by atoms with E-state index in [0.29, 0.717) is 0 Å². The Hall–Kier alpha value is -1.09. The Bertz CT molecular complexity index is 271. The number of carbonyl (C=O) groups excluding carboxylic acids is 3. The molecule has 0 radical (unpaired) electrons. The van der Waals surface area contributed by atoms with Crippen LogP contribution < -0.4 is 0 Å². The monoisotopic (exact) mass is 218 g/mol. The summed E-state index contributed by atoms with van der Waals surface area (Å²) in [6, 6.07) is 0. The van der Waals surface area contributed by atoms with Gasteiger partial charge in [-0.15, -0.1) is 0 Å². The van der Waals surface area contributed by atoms with Gasteiger partial charge in [-0.25, -0.2) is 0 Å². The van der Waals surface area contributed by atoms with Crippen molar-refractivity contribution in [2.24, 2.45) is 0 Å². The highest BCUT2D eigenvalue weighted by Crippen LogP contribution is 2.34. The summed E-state index contributed by atoms with van der Waals surface area (Å²) in [6.07, 6.45) is 0. The lowest BCUT2D eigenvalue weighted by molar-refractivity contribution is -0.147. The molecule has 0 bridgehead atoms. The number of carboxylic acids is 1. The van der Waals surface area contributed by atoms with E-state index in [1.54, 1.807) is 0 Å². The maximum absolute atomic E-state index is 11.1. The molecule has 1 atom stereocenters. The molecule has 0 aromatic carbocycles. The molecule has 0 saturated heterocycles. The molecule has 5 nitrogen and oxygen atoms in total. The number of ketones is 2. The molecule has 1 unspecified atom stereocenters. The lowest BCUT2D eigenvalue weighted by atomic mass is 10.00. The zero-order valence-electron chi connectivity index (χ0n) is 8.08. The van der Waals surface area contributed by atoms with Crippen LogP contribution in [0.2, 0.25) is 0 Å². The van der Waals surface area contributed by atoms with Gasteiger partial charge in [0.2, 0.25) is 5.16 Å². The molecule has 0 fully saturated rings. The Balaban J connectivity index is 5.38. The fraction of sp³-hybridized carbons (Fsp3) is 0.500.